The predicted molar refractivity (Wildman–Crippen MR) is 66.6 cm³/mol. The zero-order valence-electron chi connectivity index (χ0n) is 9.86. The molecule has 0 saturated carbocycles. The largest absolute Gasteiger partial charge is 0.124 e. The highest BCUT2D eigenvalue weighted by atomic mass is 13.4. The van der Waals surface area contributed by atoms with Crippen LogP contribution in [0.15, 0.2) is 0 Å². The van der Waals surface area contributed by atoms with E-state index in [1.807, 2.05) is 41.5 Å². The Morgan fingerprint density at radius 2 is 0.667 bits per heavy atom. The molecule has 0 amide bonds. The van der Waals surface area contributed by atoms with Crippen LogP contribution in [0.3, 0.4) is 0 Å². The van der Waals surface area contributed by atoms with Crippen molar-refractivity contribution in [1.82, 2.24) is 0 Å². The van der Waals surface area contributed by atoms with Gasteiger partial charge in [0, 0.05) is 0 Å². The van der Waals surface area contributed by atoms with Crippen LogP contribution in [0.25, 0.3) is 0 Å². The second-order valence-electron chi connectivity index (χ2n) is 0.707. The molecule has 0 fully saturated rings. The molecule has 0 radical (unpaired) electrons. The van der Waals surface area contributed by atoms with Gasteiger partial charge in [-0.1, -0.05) is 69.2 Å². The minimum atomic E-state index is 0. The molecular formula is C12H32. The van der Waals surface area contributed by atoms with Gasteiger partial charge in [0.05, 0.1) is 0 Å². The molecule has 0 aromatic rings. The molecule has 0 rings (SSSR count). The van der Waals surface area contributed by atoms with Crippen molar-refractivity contribution in [3.8, 4) is 12.8 Å². The number of terminal acetylenes is 1. The Bertz CT molecular complexity index is 11.2. The molecule has 0 atom stereocenters. The molecule has 0 aliphatic rings. The Labute approximate surface area is 82.8 Å². The summed E-state index contributed by atoms with van der Waals surface area (Å²) in [6, 6.07) is 0. The van der Waals surface area contributed by atoms with Gasteiger partial charge in [0.15, 0.2) is 0 Å². The summed E-state index contributed by atoms with van der Waals surface area (Å²) in [5.74, 6) is 0. The van der Waals surface area contributed by atoms with Crippen LogP contribution in [0.4, 0.5) is 0 Å². The first-order chi connectivity index (χ1) is 5.41. The van der Waals surface area contributed by atoms with E-state index in [4.69, 9.17) is 0 Å². The fourth-order valence-corrected chi connectivity index (χ4v) is 0. The van der Waals surface area contributed by atoms with Gasteiger partial charge in [-0.2, -0.15) is 0 Å². The van der Waals surface area contributed by atoms with Crippen LogP contribution < -0.4 is 0 Å². The van der Waals surface area contributed by atoms with Crippen LogP contribution in [0.1, 0.15) is 69.2 Å². The standard InChI is InChI=1S/C3H8.3C2H6.C2H2.CH4/c1-3-2;4*1-2;/h3H2,1-2H3;3*1-2H3;1-2H;1H4. The normalized spacial score (nSPS) is 3.17. The highest BCUT2D eigenvalue weighted by molar-refractivity contribution is 4.47. The molecule has 12 heavy (non-hydrogen) atoms. The van der Waals surface area contributed by atoms with Gasteiger partial charge < -0.3 is 0 Å². The van der Waals surface area contributed by atoms with Crippen molar-refractivity contribution in [3.63, 3.8) is 0 Å². The first kappa shape index (κ1) is 41.7. The lowest BCUT2D eigenvalue weighted by Gasteiger charge is -1.48. The first-order valence-electron chi connectivity index (χ1n) is 4.75. The Morgan fingerprint density at radius 3 is 0.667 bits per heavy atom. The van der Waals surface area contributed by atoms with Gasteiger partial charge in [-0.05, 0) is 0 Å². The Kier molecular flexibility index (Phi) is 10700. The van der Waals surface area contributed by atoms with E-state index in [9.17, 15) is 0 Å². The van der Waals surface area contributed by atoms with Crippen molar-refractivity contribution in [1.29, 1.82) is 0 Å². The minimum Gasteiger partial charge on any atom is -0.124 e. The molecule has 0 aromatic carbocycles. The van der Waals surface area contributed by atoms with Gasteiger partial charge >= 0.3 is 0 Å². The molecule has 0 unspecified atom stereocenters. The second-order valence-corrected chi connectivity index (χ2v) is 0.707. The van der Waals surface area contributed by atoms with Crippen LogP contribution in [-0.4, -0.2) is 0 Å². The van der Waals surface area contributed by atoms with Crippen LogP contribution in [0, 0.1) is 12.8 Å². The van der Waals surface area contributed by atoms with E-state index in [0.717, 1.165) is 0 Å². The lowest BCUT2D eigenvalue weighted by molar-refractivity contribution is 1.09. The Morgan fingerprint density at radius 1 is 0.667 bits per heavy atom. The number of hydrogen-bond donors (Lipinski definition) is 0. The summed E-state index contributed by atoms with van der Waals surface area (Å²) in [6.07, 6.45) is 9.25. The molecule has 0 heteroatoms. The summed E-state index contributed by atoms with van der Waals surface area (Å²) >= 11 is 0. The summed E-state index contributed by atoms with van der Waals surface area (Å²) < 4.78 is 0. The Balaban J connectivity index is -0.00000000933. The lowest BCUT2D eigenvalue weighted by atomic mass is 10.6. The number of hydrogen-bond acceptors (Lipinski definition) is 0. The van der Waals surface area contributed by atoms with Crippen molar-refractivity contribution >= 4 is 0 Å². The smallest absolute Gasteiger partial charge is 0.0590 e. The van der Waals surface area contributed by atoms with Crippen molar-refractivity contribution in [3.05, 3.63) is 0 Å². The molecular weight excluding hydrogens is 144 g/mol. The van der Waals surface area contributed by atoms with Crippen LogP contribution in [0.2, 0.25) is 0 Å². The topological polar surface area (TPSA) is 0 Å². The second kappa shape index (κ2) is 3080. The molecule has 0 bridgehead atoms. The maximum Gasteiger partial charge on any atom is -0.0590 e. The molecule has 0 aliphatic heterocycles. The summed E-state index contributed by atoms with van der Waals surface area (Å²) in [5.41, 5.74) is 0. The van der Waals surface area contributed by atoms with Crippen molar-refractivity contribution < 1.29 is 0 Å². The van der Waals surface area contributed by atoms with Crippen molar-refractivity contribution in [2.75, 3.05) is 0 Å². The van der Waals surface area contributed by atoms with Crippen LogP contribution >= 0.6 is 0 Å². The third-order valence-corrected chi connectivity index (χ3v) is 0. The van der Waals surface area contributed by atoms with Gasteiger partial charge in [0.1, 0.15) is 0 Å². The summed E-state index contributed by atoms with van der Waals surface area (Å²) in [4.78, 5) is 0. The van der Waals surface area contributed by atoms with Crippen LogP contribution in [-0.2, 0) is 0 Å². The van der Waals surface area contributed by atoms with E-state index in [-0.39, 0.29) is 7.43 Å². The van der Waals surface area contributed by atoms with Gasteiger partial charge in [-0.25, -0.2) is 0 Å². The summed E-state index contributed by atoms with van der Waals surface area (Å²) in [5, 5.41) is 0. The molecule has 0 aliphatic carbocycles. The van der Waals surface area contributed by atoms with E-state index in [1.165, 1.54) is 6.42 Å². The predicted octanol–water partition coefficient (Wildman–Crippen LogP) is 5.38. The fraction of sp³-hybridized carbons (Fsp3) is 0.833. The monoisotopic (exact) mass is 176 g/mol. The zero-order chi connectivity index (χ0) is 10.7. The maximum atomic E-state index is 4.00. The lowest BCUT2D eigenvalue weighted by Crippen LogP contribution is -1.27. The van der Waals surface area contributed by atoms with Crippen molar-refractivity contribution in [2.24, 2.45) is 0 Å². The fourth-order valence-electron chi connectivity index (χ4n) is 0. The van der Waals surface area contributed by atoms with Gasteiger partial charge in [0.25, 0.3) is 0 Å². The zero-order valence-corrected chi connectivity index (χ0v) is 9.86. The molecule has 0 aromatic heterocycles. The SMILES string of the molecule is C.C#C.CC.CC.CC.CCC. The maximum absolute atomic E-state index is 4.00. The molecule has 0 spiro atoms. The third kappa shape index (κ3) is 3620. The molecule has 0 nitrogen and oxygen atoms in total. The van der Waals surface area contributed by atoms with E-state index in [0.29, 0.717) is 0 Å². The number of rotatable bonds is 0. The summed E-state index contributed by atoms with van der Waals surface area (Å²) in [7, 11) is 0. The first-order valence-corrected chi connectivity index (χ1v) is 4.75. The third-order valence-electron chi connectivity index (χ3n) is 0. The highest BCUT2D eigenvalue weighted by Gasteiger charge is 1.35. The average molecular weight is 176 g/mol. The van der Waals surface area contributed by atoms with Crippen molar-refractivity contribution in [2.45, 2.75) is 69.2 Å². The van der Waals surface area contributed by atoms with Gasteiger partial charge in [0.2, 0.25) is 0 Å². The minimum absolute atomic E-state index is 0. The Hall–Kier alpha value is -0.440. The molecule has 0 N–H and O–H groups in total. The quantitative estimate of drug-likeness (QED) is 0.435. The highest BCUT2D eigenvalue weighted by Crippen LogP contribution is 1.56. The summed E-state index contributed by atoms with van der Waals surface area (Å²) in [6.45, 7) is 16.2. The molecule has 80 valence electrons. The van der Waals surface area contributed by atoms with Gasteiger partial charge in [-0.15, -0.1) is 12.8 Å². The van der Waals surface area contributed by atoms with Crippen LogP contribution in [0.5, 0.6) is 0 Å². The molecule has 0 saturated heterocycles. The van der Waals surface area contributed by atoms with E-state index in [1.54, 1.807) is 0 Å². The van der Waals surface area contributed by atoms with E-state index < -0.39 is 0 Å². The van der Waals surface area contributed by atoms with E-state index in [2.05, 4.69) is 26.7 Å². The van der Waals surface area contributed by atoms with Gasteiger partial charge in [-0.3, -0.25) is 0 Å². The van der Waals surface area contributed by atoms with E-state index >= 15 is 0 Å². The average Bonchev–Trinajstić information content (AvgIpc) is 2.18. The molecule has 0 heterocycles.